The number of carbonyl (C=O) groups is 3. The number of hydrogen-bond acceptors (Lipinski definition) is 4. The van der Waals surface area contributed by atoms with E-state index in [1.165, 1.54) is 6.07 Å². The first-order chi connectivity index (χ1) is 14.3. The van der Waals surface area contributed by atoms with Gasteiger partial charge in [-0.15, -0.1) is 0 Å². The summed E-state index contributed by atoms with van der Waals surface area (Å²) in [4.78, 5) is 35.2. The first kappa shape index (κ1) is 21.4. The van der Waals surface area contributed by atoms with E-state index in [1.807, 2.05) is 0 Å². The molecule has 0 atom stereocenters. The van der Waals surface area contributed by atoms with Crippen molar-refractivity contribution in [2.24, 2.45) is 0 Å². The lowest BCUT2D eigenvalue weighted by molar-refractivity contribution is 0.0651. The quantitative estimate of drug-likeness (QED) is 0.418. The van der Waals surface area contributed by atoms with Crippen LogP contribution in [0, 0.1) is 0 Å². The van der Waals surface area contributed by atoms with Crippen LogP contribution < -0.4 is 10.1 Å². The van der Waals surface area contributed by atoms with Gasteiger partial charge in [-0.1, -0.05) is 39.7 Å². The fraction of sp³-hybridized carbons (Fsp3) is 0. The number of aromatic carboxylic acids is 2. The fourth-order valence-corrected chi connectivity index (χ4v) is 3.36. The van der Waals surface area contributed by atoms with E-state index in [0.717, 1.165) is 16.6 Å². The van der Waals surface area contributed by atoms with Crippen molar-refractivity contribution in [2.45, 2.75) is 0 Å². The predicted octanol–water partition coefficient (Wildman–Crippen LogP) is 5.54. The van der Waals surface area contributed by atoms with Crippen molar-refractivity contribution < 1.29 is 29.3 Å². The summed E-state index contributed by atoms with van der Waals surface area (Å²) in [5.74, 6) is -2.89. The van der Waals surface area contributed by atoms with Crippen LogP contribution in [-0.2, 0) is 0 Å². The zero-order chi connectivity index (χ0) is 21.8. The van der Waals surface area contributed by atoms with Gasteiger partial charge in [0.15, 0.2) is 5.75 Å². The summed E-state index contributed by atoms with van der Waals surface area (Å²) in [5.41, 5.74) is -0.196. The summed E-state index contributed by atoms with van der Waals surface area (Å²) < 4.78 is 6.44. The second-order valence-corrected chi connectivity index (χ2v) is 7.32. The van der Waals surface area contributed by atoms with Gasteiger partial charge in [-0.05, 0) is 48.5 Å². The summed E-state index contributed by atoms with van der Waals surface area (Å²) >= 11 is 9.40. The van der Waals surface area contributed by atoms with Gasteiger partial charge in [0.25, 0.3) is 5.91 Å². The third-order valence-electron chi connectivity index (χ3n) is 3.99. The summed E-state index contributed by atoms with van der Waals surface area (Å²) in [5, 5.41) is 21.3. The van der Waals surface area contributed by atoms with Crippen molar-refractivity contribution in [3.63, 3.8) is 0 Å². The summed E-state index contributed by atoms with van der Waals surface area (Å²) in [7, 11) is 0. The molecule has 1 amide bonds. The minimum Gasteiger partial charge on any atom is -0.478 e. The van der Waals surface area contributed by atoms with Gasteiger partial charge in [0.1, 0.15) is 5.75 Å². The Hall–Kier alpha value is -3.36. The van der Waals surface area contributed by atoms with Crippen molar-refractivity contribution in [2.75, 3.05) is 5.32 Å². The summed E-state index contributed by atoms with van der Waals surface area (Å²) in [6.07, 6.45) is 0. The Labute approximate surface area is 184 Å². The number of para-hydroxylation sites is 2. The molecule has 7 nitrogen and oxygen atoms in total. The van der Waals surface area contributed by atoms with E-state index in [1.54, 1.807) is 42.5 Å². The number of ether oxygens (including phenoxy) is 1. The van der Waals surface area contributed by atoms with Crippen molar-refractivity contribution in [3.05, 3.63) is 86.8 Å². The molecule has 0 fully saturated rings. The van der Waals surface area contributed by atoms with Crippen LogP contribution in [0.3, 0.4) is 0 Å². The third-order valence-corrected chi connectivity index (χ3v) is 4.80. The smallest absolute Gasteiger partial charge is 0.336 e. The highest BCUT2D eigenvalue weighted by Gasteiger charge is 2.18. The molecule has 152 valence electrons. The number of hydrogen-bond donors (Lipinski definition) is 3. The van der Waals surface area contributed by atoms with Crippen LogP contribution in [0.4, 0.5) is 5.69 Å². The zero-order valence-electron chi connectivity index (χ0n) is 15.1. The number of carboxylic acids is 2. The van der Waals surface area contributed by atoms with Gasteiger partial charge in [-0.2, -0.15) is 0 Å². The van der Waals surface area contributed by atoms with Gasteiger partial charge in [-0.25, -0.2) is 9.59 Å². The lowest BCUT2D eigenvalue weighted by Crippen LogP contribution is -2.13. The summed E-state index contributed by atoms with van der Waals surface area (Å²) in [6.45, 7) is 0. The number of amides is 1. The van der Waals surface area contributed by atoms with Crippen molar-refractivity contribution >= 4 is 51.1 Å². The Morgan fingerprint density at radius 3 is 2.20 bits per heavy atom. The average molecular weight is 491 g/mol. The molecule has 0 saturated heterocycles. The molecular weight excluding hydrogens is 478 g/mol. The van der Waals surface area contributed by atoms with Crippen LogP contribution in [0.2, 0.25) is 5.02 Å². The molecule has 3 N–H and O–H groups in total. The van der Waals surface area contributed by atoms with Gasteiger partial charge in [0, 0.05) is 4.47 Å². The van der Waals surface area contributed by atoms with E-state index < -0.39 is 23.4 Å². The molecule has 0 unspecified atom stereocenters. The van der Waals surface area contributed by atoms with E-state index >= 15 is 0 Å². The second-order valence-electron chi connectivity index (χ2n) is 5.99. The zero-order valence-corrected chi connectivity index (χ0v) is 17.4. The van der Waals surface area contributed by atoms with Gasteiger partial charge < -0.3 is 20.3 Å². The van der Waals surface area contributed by atoms with E-state index in [2.05, 4.69) is 21.2 Å². The molecule has 0 heterocycles. The molecule has 0 bridgehead atoms. The number of carboxylic acid groups (broad SMARTS) is 2. The molecule has 30 heavy (non-hydrogen) atoms. The topological polar surface area (TPSA) is 113 Å². The monoisotopic (exact) mass is 489 g/mol. The van der Waals surface area contributed by atoms with E-state index in [4.69, 9.17) is 21.4 Å². The van der Waals surface area contributed by atoms with Crippen molar-refractivity contribution in [3.8, 4) is 11.5 Å². The highest BCUT2D eigenvalue weighted by molar-refractivity contribution is 9.10. The minimum absolute atomic E-state index is 0.0979. The Morgan fingerprint density at radius 1 is 0.867 bits per heavy atom. The highest BCUT2D eigenvalue weighted by atomic mass is 79.9. The van der Waals surface area contributed by atoms with Crippen LogP contribution in [0.5, 0.6) is 11.5 Å². The van der Waals surface area contributed by atoms with E-state index in [0.29, 0.717) is 5.69 Å². The SMILES string of the molecule is O=C(Nc1ccccc1Oc1ccc(C(=O)O)c(C(=O)O)c1)c1ccc(Br)cc1Cl. The van der Waals surface area contributed by atoms with Crippen LogP contribution in [-0.4, -0.2) is 28.1 Å². The van der Waals surface area contributed by atoms with Gasteiger partial charge >= 0.3 is 11.9 Å². The van der Waals surface area contributed by atoms with Gasteiger partial charge in [-0.3, -0.25) is 4.79 Å². The lowest BCUT2D eigenvalue weighted by atomic mass is 10.1. The van der Waals surface area contributed by atoms with E-state index in [9.17, 15) is 19.5 Å². The lowest BCUT2D eigenvalue weighted by Gasteiger charge is -2.13. The van der Waals surface area contributed by atoms with Crippen molar-refractivity contribution in [1.82, 2.24) is 0 Å². The predicted molar refractivity (Wildman–Crippen MR) is 114 cm³/mol. The van der Waals surface area contributed by atoms with Crippen LogP contribution in [0.25, 0.3) is 0 Å². The molecular formula is C21H13BrClNO6. The Kier molecular flexibility index (Phi) is 6.39. The number of nitrogens with one attached hydrogen (secondary N) is 1. The highest BCUT2D eigenvalue weighted by Crippen LogP contribution is 2.31. The number of carbonyl (C=O) groups excluding carboxylic acids is 1. The molecule has 3 rings (SSSR count). The number of benzene rings is 3. The molecule has 0 aliphatic rings. The molecule has 0 aliphatic heterocycles. The molecule has 0 aromatic heterocycles. The van der Waals surface area contributed by atoms with Crippen LogP contribution >= 0.6 is 27.5 Å². The largest absolute Gasteiger partial charge is 0.478 e. The molecule has 0 radical (unpaired) electrons. The number of halogens is 2. The van der Waals surface area contributed by atoms with E-state index in [-0.39, 0.29) is 27.6 Å². The number of anilines is 1. The molecule has 9 heteroatoms. The average Bonchev–Trinajstić information content (AvgIpc) is 2.69. The maximum absolute atomic E-state index is 12.6. The Bertz CT molecular complexity index is 1160. The molecule has 3 aromatic rings. The van der Waals surface area contributed by atoms with Crippen LogP contribution in [0.15, 0.2) is 65.1 Å². The molecule has 3 aromatic carbocycles. The standard InChI is InChI=1S/C21H13BrClNO6/c22-11-5-7-14(16(23)9-11)19(25)24-17-3-1-2-4-18(17)30-12-6-8-13(20(26)27)15(10-12)21(28)29/h1-10H,(H,24,25)(H,26,27)(H,28,29). The normalized spacial score (nSPS) is 10.3. The van der Waals surface area contributed by atoms with Crippen LogP contribution in [0.1, 0.15) is 31.1 Å². The molecule has 0 aliphatic carbocycles. The van der Waals surface area contributed by atoms with Crippen molar-refractivity contribution in [1.29, 1.82) is 0 Å². The Balaban J connectivity index is 1.89. The first-order valence-electron chi connectivity index (χ1n) is 8.40. The minimum atomic E-state index is -1.40. The Morgan fingerprint density at radius 2 is 1.53 bits per heavy atom. The molecule has 0 saturated carbocycles. The maximum Gasteiger partial charge on any atom is 0.336 e. The maximum atomic E-state index is 12.6. The second kappa shape index (κ2) is 8.98. The van der Waals surface area contributed by atoms with Gasteiger partial charge in [0.2, 0.25) is 0 Å². The number of rotatable bonds is 6. The molecule has 0 spiro atoms. The summed E-state index contributed by atoms with van der Waals surface area (Å²) in [6, 6.07) is 14.9. The fourth-order valence-electron chi connectivity index (χ4n) is 2.60. The first-order valence-corrected chi connectivity index (χ1v) is 9.57. The third kappa shape index (κ3) is 4.79. The van der Waals surface area contributed by atoms with Gasteiger partial charge in [0.05, 0.1) is 27.4 Å².